The Hall–Kier alpha value is -3.44. The molecule has 45 heavy (non-hydrogen) atoms. The number of carboxylic acids is 1. The summed E-state index contributed by atoms with van der Waals surface area (Å²) >= 11 is 0. The lowest BCUT2D eigenvalue weighted by Gasteiger charge is -2.24. The number of aliphatic hydroxyl groups is 5. The van der Waals surface area contributed by atoms with Crippen molar-refractivity contribution in [2.45, 2.75) is 77.1 Å². The van der Waals surface area contributed by atoms with Crippen LogP contribution < -0.4 is 20.7 Å². The molecule has 0 fully saturated rings. The van der Waals surface area contributed by atoms with Crippen molar-refractivity contribution in [2.24, 2.45) is 7.05 Å². The van der Waals surface area contributed by atoms with Gasteiger partial charge in [-0.3, -0.25) is 14.0 Å². The number of carbonyl (C=O) groups is 1. The van der Waals surface area contributed by atoms with Gasteiger partial charge in [0.25, 0.3) is 5.56 Å². The van der Waals surface area contributed by atoms with Gasteiger partial charge >= 0.3 is 0 Å². The fourth-order valence-corrected chi connectivity index (χ4v) is 4.64. The maximum absolute atomic E-state index is 13.0. The normalized spacial score (nSPS) is 14.7. The summed E-state index contributed by atoms with van der Waals surface area (Å²) in [5, 5.41) is 62.2. The van der Waals surface area contributed by atoms with Gasteiger partial charge in [0.1, 0.15) is 60.8 Å². The molecule has 5 atom stereocenters. The number of hydrogen-bond acceptors (Lipinski definition) is 12. The molecule has 15 heteroatoms. The SMILES string of the molecule is CCCc1nn(C)c2c(=O)n(CCOc3ccc(C[C@H](OCC)C(=O)[O-])cc3)c(C)nc12.C[NH2+]CC(O)C(O)C(O)C(O)CO. The number of nitrogens with two attached hydrogens (primary N) is 1. The van der Waals surface area contributed by atoms with Crippen molar-refractivity contribution < 1.29 is 50.2 Å². The largest absolute Gasteiger partial charge is 0.547 e. The highest BCUT2D eigenvalue weighted by atomic mass is 16.5. The standard InChI is InChI=1S/C23H30N4O5.C7H17NO5/c1-5-7-18-20-21(26(4)25-18)22(28)27(15(3)24-20)12-13-32-17-10-8-16(9-11-17)14-19(23(29)30)31-6-2;1-8-2-4(10)6(12)7(13)5(11)3-9/h8-11,19H,5-7,12-14H2,1-4H3,(H,29,30);4-13H,2-3H2,1H3/t19-;/m0./s1. The third kappa shape index (κ3) is 10.6. The average molecular weight is 638 g/mol. The van der Waals surface area contributed by atoms with Crippen LogP contribution in [-0.2, 0) is 36.0 Å². The highest BCUT2D eigenvalue weighted by molar-refractivity contribution is 5.76. The van der Waals surface area contributed by atoms with E-state index in [4.69, 9.17) is 24.8 Å². The molecule has 3 rings (SSSR count). The summed E-state index contributed by atoms with van der Waals surface area (Å²) in [5.41, 5.74) is 2.69. The summed E-state index contributed by atoms with van der Waals surface area (Å²) in [4.78, 5) is 28.8. The molecule has 4 unspecified atom stereocenters. The van der Waals surface area contributed by atoms with Gasteiger partial charge in [-0.15, -0.1) is 0 Å². The van der Waals surface area contributed by atoms with E-state index in [0.717, 1.165) is 24.1 Å². The molecule has 0 bridgehead atoms. The van der Waals surface area contributed by atoms with Crippen LogP contribution >= 0.6 is 0 Å². The van der Waals surface area contributed by atoms with E-state index in [-0.39, 0.29) is 25.1 Å². The number of aryl methyl sites for hydroxylation is 3. The van der Waals surface area contributed by atoms with Gasteiger partial charge in [0.2, 0.25) is 0 Å². The van der Waals surface area contributed by atoms with Gasteiger partial charge in [0, 0.05) is 20.1 Å². The molecule has 0 amide bonds. The summed E-state index contributed by atoms with van der Waals surface area (Å²) in [7, 11) is 3.46. The first kappa shape index (κ1) is 37.7. The number of ether oxygens (including phenoxy) is 2. The van der Waals surface area contributed by atoms with Crippen LogP contribution in [0.5, 0.6) is 5.75 Å². The Balaban J connectivity index is 0.000000459. The number of fused-ring (bicyclic) bond motifs is 1. The topological polar surface area (TPSA) is 229 Å². The van der Waals surface area contributed by atoms with E-state index < -0.39 is 43.1 Å². The molecule has 15 nitrogen and oxygen atoms in total. The number of rotatable bonds is 17. The number of aromatic nitrogens is 4. The number of nitrogens with zero attached hydrogens (tertiary/aromatic N) is 4. The van der Waals surface area contributed by atoms with E-state index in [1.165, 1.54) is 0 Å². The summed E-state index contributed by atoms with van der Waals surface area (Å²) in [5.74, 6) is 0.0190. The second kappa shape index (κ2) is 18.5. The summed E-state index contributed by atoms with van der Waals surface area (Å²) in [6.45, 7) is 6.12. The monoisotopic (exact) mass is 637 g/mol. The molecule has 2 heterocycles. The van der Waals surface area contributed by atoms with Crippen LogP contribution in [0, 0.1) is 6.92 Å². The number of carboxylic acid groups (broad SMARTS) is 1. The zero-order valence-corrected chi connectivity index (χ0v) is 26.5. The summed E-state index contributed by atoms with van der Waals surface area (Å²) in [6.07, 6.45) is -4.57. The highest BCUT2D eigenvalue weighted by Gasteiger charge is 2.30. The Kier molecular flexibility index (Phi) is 15.5. The van der Waals surface area contributed by atoms with Gasteiger partial charge in [-0.2, -0.15) is 5.10 Å². The van der Waals surface area contributed by atoms with Gasteiger partial charge < -0.3 is 50.2 Å². The minimum Gasteiger partial charge on any atom is -0.547 e. The van der Waals surface area contributed by atoms with Crippen LogP contribution in [0.3, 0.4) is 0 Å². The second-order valence-corrected chi connectivity index (χ2v) is 10.5. The predicted octanol–water partition coefficient (Wildman–Crippen LogP) is -3.22. The van der Waals surface area contributed by atoms with E-state index in [1.807, 2.05) is 6.92 Å². The van der Waals surface area contributed by atoms with Crippen LogP contribution in [0.2, 0.25) is 0 Å². The third-order valence-corrected chi connectivity index (χ3v) is 7.05. The third-order valence-electron chi connectivity index (χ3n) is 7.05. The lowest BCUT2D eigenvalue weighted by Crippen LogP contribution is -2.83. The maximum atomic E-state index is 13.0. The number of quaternary nitrogens is 1. The van der Waals surface area contributed by atoms with Crippen molar-refractivity contribution in [3.8, 4) is 5.75 Å². The molecule has 0 aliphatic carbocycles. The Labute approximate surface area is 261 Å². The van der Waals surface area contributed by atoms with Crippen molar-refractivity contribution in [2.75, 3.05) is 33.4 Å². The molecule has 7 N–H and O–H groups in total. The van der Waals surface area contributed by atoms with Gasteiger partial charge in [-0.1, -0.05) is 25.5 Å². The zero-order chi connectivity index (χ0) is 33.7. The summed E-state index contributed by atoms with van der Waals surface area (Å²) < 4.78 is 14.2. The first-order valence-electron chi connectivity index (χ1n) is 15.0. The number of aliphatic hydroxyl groups excluding tert-OH is 5. The van der Waals surface area contributed by atoms with Crippen molar-refractivity contribution >= 4 is 17.0 Å². The van der Waals surface area contributed by atoms with Crippen LogP contribution in [-0.4, -0.2) is 115 Å². The fraction of sp³-hybridized carbons (Fsp3) is 0.600. The van der Waals surface area contributed by atoms with Crippen LogP contribution in [0.15, 0.2) is 29.1 Å². The lowest BCUT2D eigenvalue weighted by atomic mass is 10.0. The number of benzene rings is 1. The van der Waals surface area contributed by atoms with Crippen molar-refractivity contribution in [1.82, 2.24) is 19.3 Å². The summed E-state index contributed by atoms with van der Waals surface area (Å²) in [6, 6.07) is 7.12. The quantitative estimate of drug-likeness (QED) is 0.0859. The van der Waals surface area contributed by atoms with Gasteiger partial charge in [0.15, 0.2) is 5.52 Å². The molecule has 0 radical (unpaired) electrons. The Bertz CT molecular complexity index is 1390. The average Bonchev–Trinajstić information content (AvgIpc) is 3.32. The minimum atomic E-state index is -1.53. The molecular weight excluding hydrogens is 590 g/mol. The first-order chi connectivity index (χ1) is 21.4. The van der Waals surface area contributed by atoms with Crippen LogP contribution in [0.25, 0.3) is 11.0 Å². The van der Waals surface area contributed by atoms with E-state index >= 15 is 0 Å². The molecule has 0 spiro atoms. The molecule has 0 aliphatic rings. The molecule has 3 aromatic rings. The molecule has 0 saturated heterocycles. The Morgan fingerprint density at radius 3 is 2.29 bits per heavy atom. The maximum Gasteiger partial charge on any atom is 0.279 e. The second-order valence-electron chi connectivity index (χ2n) is 10.5. The van der Waals surface area contributed by atoms with Crippen molar-refractivity contribution in [1.29, 1.82) is 0 Å². The lowest BCUT2D eigenvalue weighted by molar-refractivity contribution is -0.635. The Morgan fingerprint density at radius 2 is 1.73 bits per heavy atom. The van der Waals surface area contributed by atoms with Crippen LogP contribution in [0.4, 0.5) is 0 Å². The minimum absolute atomic E-state index is 0.131. The molecule has 0 saturated carbocycles. The molecule has 0 aliphatic heterocycles. The fourth-order valence-electron chi connectivity index (χ4n) is 4.64. The van der Waals surface area contributed by atoms with Crippen molar-refractivity contribution in [3.05, 3.63) is 51.7 Å². The van der Waals surface area contributed by atoms with Gasteiger partial charge in [-0.25, -0.2) is 4.98 Å². The van der Waals surface area contributed by atoms with E-state index in [0.29, 0.717) is 35.8 Å². The molecule has 2 aromatic heterocycles. The number of hydrogen-bond donors (Lipinski definition) is 6. The van der Waals surface area contributed by atoms with E-state index in [9.17, 15) is 24.9 Å². The number of aliphatic carboxylic acids is 1. The number of carbonyl (C=O) groups excluding carboxylic acids is 1. The smallest absolute Gasteiger partial charge is 0.279 e. The Morgan fingerprint density at radius 1 is 1.09 bits per heavy atom. The highest BCUT2D eigenvalue weighted by Crippen LogP contribution is 2.16. The van der Waals surface area contributed by atoms with E-state index in [1.54, 1.807) is 59.9 Å². The van der Waals surface area contributed by atoms with E-state index in [2.05, 4.69) is 17.0 Å². The predicted molar refractivity (Wildman–Crippen MR) is 161 cm³/mol. The van der Waals surface area contributed by atoms with Gasteiger partial charge in [-0.05, 0) is 38.0 Å². The van der Waals surface area contributed by atoms with Crippen molar-refractivity contribution in [3.63, 3.8) is 0 Å². The number of likely N-dealkylation sites (N-methyl/N-ethyl adjacent to an activating group) is 1. The van der Waals surface area contributed by atoms with Gasteiger partial charge in [0.05, 0.1) is 31.9 Å². The van der Waals surface area contributed by atoms with Crippen LogP contribution in [0.1, 0.15) is 37.4 Å². The first-order valence-corrected chi connectivity index (χ1v) is 15.0. The molecule has 1 aromatic carbocycles. The molecule has 252 valence electrons. The molecular formula is C30H47N5O10. The zero-order valence-electron chi connectivity index (χ0n) is 26.5.